The lowest BCUT2D eigenvalue weighted by atomic mass is 9.92. The number of carbonyl (C=O) groups excluding carboxylic acids is 2. The Morgan fingerprint density at radius 1 is 1.08 bits per heavy atom. The highest BCUT2D eigenvalue weighted by Crippen LogP contribution is 2.22. The molecule has 1 aromatic carbocycles. The van der Waals surface area contributed by atoms with Crippen molar-refractivity contribution in [1.29, 1.82) is 0 Å². The maximum Gasteiger partial charge on any atom is 0.354 e. The van der Waals surface area contributed by atoms with Crippen LogP contribution in [0.1, 0.15) is 45.1 Å². The number of hydrogen-bond donors (Lipinski definition) is 4. The van der Waals surface area contributed by atoms with Crippen LogP contribution >= 0.6 is 11.6 Å². The smallest absolute Gasteiger partial charge is 0.338 e. The molecule has 1 aliphatic heterocycles. The molecule has 1 aliphatic carbocycles. The molecule has 38 heavy (non-hydrogen) atoms. The fraction of sp³-hybridized carbons (Fsp3) is 0.538. The van der Waals surface area contributed by atoms with Crippen LogP contribution < -0.4 is 27.8 Å². The predicted molar refractivity (Wildman–Crippen MR) is 147 cm³/mol. The topological polar surface area (TPSA) is 152 Å². The third-order valence-corrected chi connectivity index (χ3v) is 7.46. The number of benzene rings is 1. The average Bonchev–Trinajstić information content (AvgIpc) is 2.88. The van der Waals surface area contributed by atoms with E-state index in [9.17, 15) is 14.4 Å². The summed E-state index contributed by atoms with van der Waals surface area (Å²) in [6, 6.07) is 7.38. The molecule has 11 nitrogen and oxygen atoms in total. The van der Waals surface area contributed by atoms with Gasteiger partial charge in [-0.15, -0.1) is 0 Å². The van der Waals surface area contributed by atoms with Crippen LogP contribution in [0.25, 0.3) is 5.69 Å². The number of carbonyl (C=O) groups is 2. The van der Waals surface area contributed by atoms with Crippen molar-refractivity contribution in [2.24, 2.45) is 11.5 Å². The van der Waals surface area contributed by atoms with Crippen molar-refractivity contribution in [3.63, 3.8) is 0 Å². The molecule has 0 spiro atoms. The number of halogens is 1. The summed E-state index contributed by atoms with van der Waals surface area (Å²) >= 11 is 6.52. The number of amides is 3. The standard InChI is InChI=1S/C26H37ClN8O3/c1-26(2,29)23(36)33-11-13-34(14-12-33)24(37)31-22-9-10-35(25(38)32-22)20-8-3-17(21(27)15-20)16-30-19-6-4-18(28)5-7-19/h3,8-10,15,18-19,30H,4-7,11-14,16,28-29H2,1-2H3,(H,31,32,37,38)/t18-,19-. The van der Waals surface area contributed by atoms with Crippen molar-refractivity contribution < 1.29 is 9.59 Å². The van der Waals surface area contributed by atoms with Crippen LogP contribution in [0.4, 0.5) is 10.6 Å². The van der Waals surface area contributed by atoms with Gasteiger partial charge in [0, 0.05) is 56.0 Å². The molecular weight excluding hydrogens is 508 g/mol. The Labute approximate surface area is 227 Å². The first-order chi connectivity index (χ1) is 18.0. The van der Waals surface area contributed by atoms with Crippen LogP contribution in [-0.4, -0.2) is 75.1 Å². The van der Waals surface area contributed by atoms with Crippen LogP contribution in [0, 0.1) is 0 Å². The summed E-state index contributed by atoms with van der Waals surface area (Å²) in [6.07, 6.45) is 5.73. The van der Waals surface area contributed by atoms with Gasteiger partial charge in [0.15, 0.2) is 0 Å². The molecule has 0 bridgehead atoms. The van der Waals surface area contributed by atoms with Crippen LogP contribution in [0.2, 0.25) is 5.02 Å². The van der Waals surface area contributed by atoms with Gasteiger partial charge >= 0.3 is 11.7 Å². The van der Waals surface area contributed by atoms with E-state index in [1.165, 1.54) is 4.57 Å². The Morgan fingerprint density at radius 3 is 2.34 bits per heavy atom. The molecule has 2 aromatic rings. The second kappa shape index (κ2) is 11.8. The third-order valence-electron chi connectivity index (χ3n) is 7.11. The Hall–Kier alpha value is -2.99. The number of piperazine rings is 1. The number of nitrogens with one attached hydrogen (secondary N) is 2. The maximum atomic E-state index is 12.7. The summed E-state index contributed by atoms with van der Waals surface area (Å²) in [5.74, 6) is -0.00128. The second-order valence-corrected chi connectivity index (χ2v) is 11.1. The SMILES string of the molecule is CC(C)(N)C(=O)N1CCN(C(=O)Nc2ccn(-c3ccc(CN[C@H]4CC[C@H](N)CC4)c(Cl)c3)c(=O)n2)CC1. The quantitative estimate of drug-likeness (QED) is 0.431. The van der Waals surface area contributed by atoms with E-state index in [-0.39, 0.29) is 17.8 Å². The van der Waals surface area contributed by atoms with E-state index in [4.69, 9.17) is 23.1 Å². The van der Waals surface area contributed by atoms with E-state index in [0.717, 1.165) is 31.2 Å². The van der Waals surface area contributed by atoms with E-state index < -0.39 is 11.2 Å². The molecule has 0 unspecified atom stereocenters. The van der Waals surface area contributed by atoms with E-state index in [0.29, 0.717) is 55.5 Å². The summed E-state index contributed by atoms with van der Waals surface area (Å²) in [5.41, 5.74) is 11.9. The highest BCUT2D eigenvalue weighted by Gasteiger charge is 2.31. The number of aromatic nitrogens is 2. The van der Waals surface area contributed by atoms with Crippen molar-refractivity contribution in [2.45, 2.75) is 63.7 Å². The van der Waals surface area contributed by atoms with Gasteiger partial charge in [-0.1, -0.05) is 17.7 Å². The molecule has 2 aliphatic rings. The van der Waals surface area contributed by atoms with Gasteiger partial charge in [0.05, 0.1) is 11.2 Å². The number of rotatable bonds is 6. The summed E-state index contributed by atoms with van der Waals surface area (Å²) in [6.45, 7) is 5.47. The van der Waals surface area contributed by atoms with Gasteiger partial charge in [-0.2, -0.15) is 4.98 Å². The molecular formula is C26H37ClN8O3. The van der Waals surface area contributed by atoms with Gasteiger partial charge in [0.2, 0.25) is 5.91 Å². The molecule has 0 radical (unpaired) electrons. The van der Waals surface area contributed by atoms with E-state index in [1.54, 1.807) is 42.0 Å². The second-order valence-electron chi connectivity index (χ2n) is 10.7. The van der Waals surface area contributed by atoms with Crippen molar-refractivity contribution in [1.82, 2.24) is 24.7 Å². The number of nitrogens with zero attached hydrogens (tertiary/aromatic N) is 4. The van der Waals surface area contributed by atoms with Crippen molar-refractivity contribution in [3.8, 4) is 5.69 Å². The van der Waals surface area contributed by atoms with Crippen LogP contribution in [-0.2, 0) is 11.3 Å². The molecule has 206 valence electrons. The number of urea groups is 1. The first kappa shape index (κ1) is 28.0. The van der Waals surface area contributed by atoms with E-state index in [2.05, 4.69) is 15.6 Å². The van der Waals surface area contributed by atoms with Gasteiger partial charge < -0.3 is 26.6 Å². The lowest BCUT2D eigenvalue weighted by Crippen LogP contribution is -2.58. The van der Waals surface area contributed by atoms with E-state index in [1.807, 2.05) is 12.1 Å². The minimum Gasteiger partial charge on any atom is -0.338 e. The lowest BCUT2D eigenvalue weighted by molar-refractivity contribution is -0.137. The monoisotopic (exact) mass is 544 g/mol. The Balaban J connectivity index is 1.33. The van der Waals surface area contributed by atoms with Gasteiger partial charge in [-0.25, -0.2) is 9.59 Å². The van der Waals surface area contributed by atoms with Crippen molar-refractivity contribution in [2.75, 3.05) is 31.5 Å². The molecule has 2 heterocycles. The van der Waals surface area contributed by atoms with Crippen molar-refractivity contribution >= 4 is 29.4 Å². The summed E-state index contributed by atoms with van der Waals surface area (Å²) in [7, 11) is 0. The summed E-state index contributed by atoms with van der Waals surface area (Å²) in [5, 5.41) is 6.77. The predicted octanol–water partition coefficient (Wildman–Crippen LogP) is 1.66. The minimum absolute atomic E-state index is 0.150. The Morgan fingerprint density at radius 2 is 1.74 bits per heavy atom. The first-order valence-electron chi connectivity index (χ1n) is 13.0. The van der Waals surface area contributed by atoms with Gasteiger partial charge in [0.1, 0.15) is 5.82 Å². The normalized spacial score (nSPS) is 20.3. The van der Waals surface area contributed by atoms with Gasteiger partial charge in [-0.05, 0) is 63.3 Å². The molecule has 4 rings (SSSR count). The molecule has 6 N–H and O–H groups in total. The number of hydrogen-bond acceptors (Lipinski definition) is 7. The van der Waals surface area contributed by atoms with Crippen LogP contribution in [0.15, 0.2) is 35.3 Å². The first-order valence-corrected chi connectivity index (χ1v) is 13.4. The summed E-state index contributed by atoms with van der Waals surface area (Å²) < 4.78 is 1.38. The zero-order chi connectivity index (χ0) is 27.4. The van der Waals surface area contributed by atoms with E-state index >= 15 is 0 Å². The largest absolute Gasteiger partial charge is 0.354 e. The molecule has 1 saturated carbocycles. The molecule has 2 fully saturated rings. The highest BCUT2D eigenvalue weighted by atomic mass is 35.5. The molecule has 1 saturated heterocycles. The fourth-order valence-corrected chi connectivity index (χ4v) is 5.03. The lowest BCUT2D eigenvalue weighted by Gasteiger charge is -2.37. The zero-order valence-corrected chi connectivity index (χ0v) is 22.7. The number of anilines is 1. The van der Waals surface area contributed by atoms with Crippen LogP contribution in [0.5, 0.6) is 0 Å². The average molecular weight is 545 g/mol. The van der Waals surface area contributed by atoms with Gasteiger partial charge in [-0.3, -0.25) is 14.7 Å². The third kappa shape index (κ3) is 6.90. The molecule has 0 atom stereocenters. The van der Waals surface area contributed by atoms with Crippen molar-refractivity contribution in [3.05, 3.63) is 51.5 Å². The molecule has 3 amide bonds. The minimum atomic E-state index is -0.955. The highest BCUT2D eigenvalue weighted by molar-refractivity contribution is 6.31. The molecule has 1 aromatic heterocycles. The van der Waals surface area contributed by atoms with Crippen LogP contribution in [0.3, 0.4) is 0 Å². The molecule has 12 heteroatoms. The summed E-state index contributed by atoms with van der Waals surface area (Å²) in [4.78, 5) is 45.0. The zero-order valence-electron chi connectivity index (χ0n) is 22.0. The maximum absolute atomic E-state index is 12.7. The Kier molecular flexibility index (Phi) is 8.71. The Bertz CT molecular complexity index is 1210. The fourth-order valence-electron chi connectivity index (χ4n) is 4.79. The number of nitrogens with two attached hydrogens (primary N) is 2. The van der Waals surface area contributed by atoms with Gasteiger partial charge in [0.25, 0.3) is 0 Å².